The van der Waals surface area contributed by atoms with E-state index in [1.165, 1.54) is 19.3 Å². The van der Waals surface area contributed by atoms with Crippen LogP contribution in [0.1, 0.15) is 37.8 Å². The van der Waals surface area contributed by atoms with Gasteiger partial charge in [0.2, 0.25) is 0 Å². The van der Waals surface area contributed by atoms with Crippen LogP contribution in [0.25, 0.3) is 0 Å². The van der Waals surface area contributed by atoms with Crippen molar-refractivity contribution in [1.29, 1.82) is 0 Å². The monoisotopic (exact) mass is 264 g/mol. The van der Waals surface area contributed by atoms with Crippen molar-refractivity contribution in [1.82, 2.24) is 5.43 Å². The molecule has 19 heavy (non-hydrogen) atoms. The van der Waals surface area contributed by atoms with Gasteiger partial charge in [0, 0.05) is 0 Å². The van der Waals surface area contributed by atoms with Gasteiger partial charge in [-0.1, -0.05) is 25.8 Å². The molecule has 106 valence electrons. The van der Waals surface area contributed by atoms with Gasteiger partial charge >= 0.3 is 0 Å². The van der Waals surface area contributed by atoms with Gasteiger partial charge < -0.3 is 9.47 Å². The minimum Gasteiger partial charge on any atom is -0.496 e. The Hall–Kier alpha value is -1.26. The lowest BCUT2D eigenvalue weighted by Crippen LogP contribution is -2.35. The standard InChI is InChI=1S/C15H24N2O2/c1-10-6-4-7-11(10)15(17-16)14-12(18-2)8-5-9-13(14)19-3/h5,8-11,15,17H,4,6-7,16H2,1-3H3. The van der Waals surface area contributed by atoms with E-state index in [9.17, 15) is 0 Å². The Morgan fingerprint density at radius 3 is 2.26 bits per heavy atom. The Balaban J connectivity index is 2.41. The first kappa shape index (κ1) is 14.2. The molecule has 3 atom stereocenters. The fourth-order valence-corrected chi connectivity index (χ4v) is 3.28. The summed E-state index contributed by atoms with van der Waals surface area (Å²) in [7, 11) is 3.37. The summed E-state index contributed by atoms with van der Waals surface area (Å²) in [5.41, 5.74) is 4.02. The molecule has 0 saturated heterocycles. The quantitative estimate of drug-likeness (QED) is 0.634. The zero-order chi connectivity index (χ0) is 13.8. The normalized spacial score (nSPS) is 24.2. The second-order valence-electron chi connectivity index (χ2n) is 5.29. The van der Waals surface area contributed by atoms with Gasteiger partial charge in [-0.05, 0) is 30.4 Å². The molecule has 2 rings (SSSR count). The van der Waals surface area contributed by atoms with E-state index < -0.39 is 0 Å². The predicted octanol–water partition coefficient (Wildman–Crippen LogP) is 2.64. The lowest BCUT2D eigenvalue weighted by molar-refractivity contribution is 0.284. The highest BCUT2D eigenvalue weighted by Gasteiger charge is 2.34. The van der Waals surface area contributed by atoms with Crippen LogP contribution in [0.3, 0.4) is 0 Å². The smallest absolute Gasteiger partial charge is 0.127 e. The number of benzene rings is 1. The average molecular weight is 264 g/mol. The molecular formula is C15H24N2O2. The van der Waals surface area contributed by atoms with Crippen LogP contribution in [0.4, 0.5) is 0 Å². The van der Waals surface area contributed by atoms with Gasteiger partial charge in [-0.15, -0.1) is 0 Å². The summed E-state index contributed by atoms with van der Waals surface area (Å²) in [6, 6.07) is 5.93. The van der Waals surface area contributed by atoms with E-state index in [1.54, 1.807) is 14.2 Å². The van der Waals surface area contributed by atoms with E-state index in [0.717, 1.165) is 17.1 Å². The third kappa shape index (κ3) is 2.69. The highest BCUT2D eigenvalue weighted by Crippen LogP contribution is 2.45. The van der Waals surface area contributed by atoms with Crippen molar-refractivity contribution in [3.05, 3.63) is 23.8 Å². The lowest BCUT2D eigenvalue weighted by atomic mass is 9.85. The largest absolute Gasteiger partial charge is 0.496 e. The number of ether oxygens (including phenoxy) is 2. The van der Waals surface area contributed by atoms with Gasteiger partial charge in [0.25, 0.3) is 0 Å². The van der Waals surface area contributed by atoms with Crippen LogP contribution in [-0.4, -0.2) is 14.2 Å². The molecule has 0 aliphatic heterocycles. The number of nitrogens with two attached hydrogens (primary N) is 1. The van der Waals surface area contributed by atoms with Gasteiger partial charge in [0.1, 0.15) is 11.5 Å². The Labute approximate surface area is 115 Å². The van der Waals surface area contributed by atoms with Crippen LogP contribution >= 0.6 is 0 Å². The zero-order valence-corrected chi connectivity index (χ0v) is 12.0. The number of hydrogen-bond acceptors (Lipinski definition) is 4. The highest BCUT2D eigenvalue weighted by molar-refractivity contribution is 5.47. The van der Waals surface area contributed by atoms with Crippen LogP contribution in [0.5, 0.6) is 11.5 Å². The maximum Gasteiger partial charge on any atom is 0.127 e. The number of methoxy groups -OCH3 is 2. The minimum atomic E-state index is 0.0728. The van der Waals surface area contributed by atoms with Gasteiger partial charge in [0.05, 0.1) is 25.8 Å². The van der Waals surface area contributed by atoms with Gasteiger partial charge in [-0.3, -0.25) is 11.3 Å². The Bertz CT molecular complexity index is 400. The second-order valence-corrected chi connectivity index (χ2v) is 5.29. The number of nitrogens with one attached hydrogen (secondary N) is 1. The average Bonchev–Trinajstić information content (AvgIpc) is 2.86. The molecular weight excluding hydrogens is 240 g/mol. The van der Waals surface area contributed by atoms with Crippen molar-refractivity contribution >= 4 is 0 Å². The highest BCUT2D eigenvalue weighted by atomic mass is 16.5. The van der Waals surface area contributed by atoms with Crippen molar-refractivity contribution in [2.45, 2.75) is 32.2 Å². The van der Waals surface area contributed by atoms with Crippen molar-refractivity contribution < 1.29 is 9.47 Å². The molecule has 0 spiro atoms. The van der Waals surface area contributed by atoms with E-state index in [0.29, 0.717) is 11.8 Å². The third-order valence-corrected chi connectivity index (χ3v) is 4.31. The van der Waals surface area contributed by atoms with Gasteiger partial charge in [-0.2, -0.15) is 0 Å². The molecule has 0 heterocycles. The Kier molecular flexibility index (Phi) is 4.66. The van der Waals surface area contributed by atoms with Crippen LogP contribution in [0.2, 0.25) is 0 Å². The zero-order valence-electron chi connectivity index (χ0n) is 12.0. The molecule has 1 aliphatic rings. The molecule has 3 unspecified atom stereocenters. The number of hydrazine groups is 1. The molecule has 1 fully saturated rings. The maximum absolute atomic E-state index is 5.83. The van der Waals surface area contributed by atoms with Crippen molar-refractivity contribution in [2.75, 3.05) is 14.2 Å². The van der Waals surface area contributed by atoms with Crippen molar-refractivity contribution in [3.63, 3.8) is 0 Å². The molecule has 3 N–H and O–H groups in total. The molecule has 0 aromatic heterocycles. The molecule has 4 heteroatoms. The van der Waals surface area contributed by atoms with E-state index in [1.807, 2.05) is 18.2 Å². The lowest BCUT2D eigenvalue weighted by Gasteiger charge is -2.29. The molecule has 1 aliphatic carbocycles. The van der Waals surface area contributed by atoms with Gasteiger partial charge in [0.15, 0.2) is 0 Å². The van der Waals surface area contributed by atoms with E-state index in [2.05, 4.69) is 12.3 Å². The summed E-state index contributed by atoms with van der Waals surface area (Å²) in [6.07, 6.45) is 3.72. The van der Waals surface area contributed by atoms with E-state index in [4.69, 9.17) is 15.3 Å². The summed E-state index contributed by atoms with van der Waals surface area (Å²) in [4.78, 5) is 0. The molecule has 0 bridgehead atoms. The van der Waals surface area contributed by atoms with E-state index in [-0.39, 0.29) is 6.04 Å². The number of hydrogen-bond donors (Lipinski definition) is 2. The first-order chi connectivity index (χ1) is 9.22. The molecule has 0 radical (unpaired) electrons. The SMILES string of the molecule is COc1cccc(OC)c1C(NN)C1CCCC1C. The topological polar surface area (TPSA) is 56.5 Å². The predicted molar refractivity (Wildman–Crippen MR) is 76.1 cm³/mol. The van der Waals surface area contributed by atoms with Crippen molar-refractivity contribution in [3.8, 4) is 11.5 Å². The van der Waals surface area contributed by atoms with Crippen LogP contribution in [0.15, 0.2) is 18.2 Å². The minimum absolute atomic E-state index is 0.0728. The fourth-order valence-electron chi connectivity index (χ4n) is 3.28. The number of rotatable bonds is 5. The molecule has 1 aromatic rings. The summed E-state index contributed by atoms with van der Waals surface area (Å²) < 4.78 is 11.0. The summed E-state index contributed by atoms with van der Waals surface area (Å²) in [6.45, 7) is 2.30. The molecule has 0 amide bonds. The fraction of sp³-hybridized carbons (Fsp3) is 0.600. The van der Waals surface area contributed by atoms with Crippen LogP contribution < -0.4 is 20.7 Å². The van der Waals surface area contributed by atoms with Gasteiger partial charge in [-0.25, -0.2) is 0 Å². The molecule has 1 aromatic carbocycles. The van der Waals surface area contributed by atoms with Crippen LogP contribution in [0, 0.1) is 11.8 Å². The summed E-state index contributed by atoms with van der Waals surface area (Å²) in [5, 5.41) is 0. The second kappa shape index (κ2) is 6.26. The third-order valence-electron chi connectivity index (χ3n) is 4.31. The van der Waals surface area contributed by atoms with Crippen LogP contribution in [-0.2, 0) is 0 Å². The maximum atomic E-state index is 5.83. The first-order valence-corrected chi connectivity index (χ1v) is 6.90. The van der Waals surface area contributed by atoms with Crippen molar-refractivity contribution in [2.24, 2.45) is 17.7 Å². The Morgan fingerprint density at radius 2 is 1.84 bits per heavy atom. The molecule has 4 nitrogen and oxygen atoms in total. The van der Waals surface area contributed by atoms with E-state index >= 15 is 0 Å². The molecule has 1 saturated carbocycles. The summed E-state index contributed by atoms with van der Waals surface area (Å²) >= 11 is 0. The first-order valence-electron chi connectivity index (χ1n) is 6.90. The Morgan fingerprint density at radius 1 is 1.21 bits per heavy atom. The summed E-state index contributed by atoms with van der Waals surface area (Å²) in [5.74, 6) is 8.69.